The molecule has 1 aliphatic rings. The summed E-state index contributed by atoms with van der Waals surface area (Å²) in [6, 6.07) is 6.69. The van der Waals surface area contributed by atoms with Gasteiger partial charge in [0.25, 0.3) is 0 Å². The smallest absolute Gasteiger partial charge is 0.141 e. The molecule has 8 nitrogen and oxygen atoms in total. The molecular formula is C19H17Cl2FN4O4S. The zero-order valence-corrected chi connectivity index (χ0v) is 18.0. The zero-order chi connectivity index (χ0) is 22.1. The number of hydrogen-bond donors (Lipinski definition) is 3. The molecule has 0 bridgehead atoms. The van der Waals surface area contributed by atoms with Crippen molar-refractivity contribution in [3.05, 3.63) is 58.6 Å². The Bertz CT molecular complexity index is 1060. The van der Waals surface area contributed by atoms with Crippen LogP contribution in [0.25, 0.3) is 11.4 Å². The summed E-state index contributed by atoms with van der Waals surface area (Å²) in [4.78, 5) is 4.63. The number of hydrogen-bond acceptors (Lipinski definition) is 8. The minimum absolute atomic E-state index is 0.333. The molecule has 0 saturated carbocycles. The highest BCUT2D eigenvalue weighted by molar-refractivity contribution is 7.99. The van der Waals surface area contributed by atoms with Gasteiger partial charge in [-0.3, -0.25) is 4.98 Å². The molecular weight excluding hydrogens is 470 g/mol. The summed E-state index contributed by atoms with van der Waals surface area (Å²) in [5.74, 6) is -0.487. The van der Waals surface area contributed by atoms with Crippen LogP contribution in [0.4, 0.5) is 4.39 Å². The molecule has 3 N–H and O–H groups in total. The van der Waals surface area contributed by atoms with E-state index in [1.807, 2.05) is 0 Å². The van der Waals surface area contributed by atoms with Crippen LogP contribution >= 0.6 is 35.0 Å². The van der Waals surface area contributed by atoms with Crippen LogP contribution in [0.15, 0.2) is 47.6 Å². The van der Waals surface area contributed by atoms with Gasteiger partial charge in [-0.2, -0.15) is 0 Å². The number of pyridine rings is 1. The maximum atomic E-state index is 13.1. The van der Waals surface area contributed by atoms with Crippen LogP contribution in [0.1, 0.15) is 6.04 Å². The molecule has 2 aromatic heterocycles. The van der Waals surface area contributed by atoms with Crippen LogP contribution < -0.4 is 0 Å². The Kier molecular flexibility index (Phi) is 6.77. The van der Waals surface area contributed by atoms with E-state index in [1.54, 1.807) is 18.2 Å². The van der Waals surface area contributed by atoms with Gasteiger partial charge in [-0.05, 0) is 30.3 Å². The highest BCUT2D eigenvalue weighted by Gasteiger charge is 2.46. The fourth-order valence-electron chi connectivity index (χ4n) is 3.23. The Morgan fingerprint density at radius 1 is 1.10 bits per heavy atom. The molecule has 3 aromatic rings. The highest BCUT2D eigenvalue weighted by atomic mass is 35.5. The molecule has 3 heterocycles. The molecule has 1 saturated heterocycles. The van der Waals surface area contributed by atoms with E-state index in [0.717, 1.165) is 6.20 Å². The summed E-state index contributed by atoms with van der Waals surface area (Å²) < 4.78 is 20.1. The van der Waals surface area contributed by atoms with Gasteiger partial charge in [-0.25, -0.2) is 9.07 Å². The molecule has 31 heavy (non-hydrogen) atoms. The number of nitrogens with zero attached hydrogens (tertiary/aromatic N) is 4. The Morgan fingerprint density at radius 3 is 2.58 bits per heavy atom. The molecule has 0 amide bonds. The van der Waals surface area contributed by atoms with Crippen molar-refractivity contribution in [1.82, 2.24) is 20.0 Å². The number of ether oxygens (including phenoxy) is 1. The normalized spacial score (nSPS) is 26.2. The van der Waals surface area contributed by atoms with E-state index in [1.165, 1.54) is 34.8 Å². The summed E-state index contributed by atoms with van der Waals surface area (Å²) in [7, 11) is 0. The molecule has 1 fully saturated rings. The van der Waals surface area contributed by atoms with Gasteiger partial charge in [-0.15, -0.1) is 5.10 Å². The summed E-state index contributed by atoms with van der Waals surface area (Å²) in [6.45, 7) is -0.468. The van der Waals surface area contributed by atoms with E-state index in [9.17, 15) is 19.7 Å². The first-order valence-electron chi connectivity index (χ1n) is 9.15. The molecule has 1 aliphatic heterocycles. The van der Waals surface area contributed by atoms with Crippen LogP contribution in [0.5, 0.6) is 0 Å². The lowest BCUT2D eigenvalue weighted by molar-refractivity contribution is -0.178. The van der Waals surface area contributed by atoms with Crippen molar-refractivity contribution < 1.29 is 24.4 Å². The number of halogens is 3. The molecule has 4 rings (SSSR count). The van der Waals surface area contributed by atoms with Gasteiger partial charge in [-0.1, -0.05) is 40.2 Å². The zero-order valence-electron chi connectivity index (χ0n) is 15.7. The van der Waals surface area contributed by atoms with Crippen molar-refractivity contribution in [2.45, 2.75) is 34.7 Å². The van der Waals surface area contributed by atoms with Gasteiger partial charge < -0.3 is 20.1 Å². The van der Waals surface area contributed by atoms with E-state index in [-0.39, 0.29) is 0 Å². The summed E-state index contributed by atoms with van der Waals surface area (Å²) >= 11 is 13.2. The predicted molar refractivity (Wildman–Crippen MR) is 112 cm³/mol. The summed E-state index contributed by atoms with van der Waals surface area (Å²) in [5, 5.41) is 40.1. The topological polar surface area (TPSA) is 114 Å². The second kappa shape index (κ2) is 9.37. The minimum atomic E-state index is -1.26. The minimum Gasteiger partial charge on any atom is -0.394 e. The molecule has 0 aliphatic carbocycles. The molecule has 0 radical (unpaired) electrons. The monoisotopic (exact) mass is 486 g/mol. The van der Waals surface area contributed by atoms with Gasteiger partial charge >= 0.3 is 0 Å². The Hall–Kier alpha value is -1.79. The van der Waals surface area contributed by atoms with E-state index >= 15 is 0 Å². The van der Waals surface area contributed by atoms with E-state index in [0.29, 0.717) is 26.3 Å². The number of benzene rings is 1. The van der Waals surface area contributed by atoms with Crippen molar-refractivity contribution in [3.8, 4) is 11.4 Å². The molecule has 2 unspecified atom stereocenters. The van der Waals surface area contributed by atoms with Crippen molar-refractivity contribution in [3.63, 3.8) is 0 Å². The second-order valence-corrected chi connectivity index (χ2v) is 8.82. The van der Waals surface area contributed by atoms with E-state index in [2.05, 4.69) is 15.3 Å². The Morgan fingerprint density at radius 2 is 1.90 bits per heavy atom. The average molecular weight is 487 g/mol. The molecule has 12 heteroatoms. The quantitative estimate of drug-likeness (QED) is 0.504. The lowest BCUT2D eigenvalue weighted by Gasteiger charge is -2.41. The maximum absolute atomic E-state index is 13.1. The van der Waals surface area contributed by atoms with Gasteiger partial charge in [0.15, 0.2) is 0 Å². The molecule has 0 spiro atoms. The third-order valence-electron chi connectivity index (χ3n) is 4.80. The number of thioether (sulfide) groups is 1. The second-order valence-electron chi connectivity index (χ2n) is 6.84. The van der Waals surface area contributed by atoms with Crippen LogP contribution in [0.3, 0.4) is 0 Å². The number of aliphatic hydroxyl groups excluding tert-OH is 3. The first-order valence-corrected chi connectivity index (χ1v) is 10.8. The lowest BCUT2D eigenvalue weighted by atomic mass is 9.97. The van der Waals surface area contributed by atoms with Crippen LogP contribution in [0, 0.1) is 5.82 Å². The summed E-state index contributed by atoms with van der Waals surface area (Å²) in [6.07, 6.45) is -0.907. The van der Waals surface area contributed by atoms with Gasteiger partial charge in [0.1, 0.15) is 41.3 Å². The fourth-order valence-corrected chi connectivity index (χ4v) is 4.69. The SMILES string of the molecule is OCC1O[C@H](Sc2ccc(Cl)c(Cl)c2)C(O)[C@@H](n2cc(-c3ccc(F)cn3)nn2)[C@H]1O. The first-order chi connectivity index (χ1) is 14.9. The third-order valence-corrected chi connectivity index (χ3v) is 6.68. The van der Waals surface area contributed by atoms with Crippen LogP contribution in [0.2, 0.25) is 10.0 Å². The number of rotatable bonds is 5. The lowest BCUT2D eigenvalue weighted by Crippen LogP contribution is -2.55. The first kappa shape index (κ1) is 22.4. The fraction of sp³-hybridized carbons (Fsp3) is 0.316. The Labute approximate surface area is 190 Å². The number of aromatic nitrogens is 4. The van der Waals surface area contributed by atoms with Gasteiger partial charge in [0.05, 0.1) is 34.7 Å². The van der Waals surface area contributed by atoms with Gasteiger partial charge in [0.2, 0.25) is 0 Å². The maximum Gasteiger partial charge on any atom is 0.141 e. The molecule has 5 atom stereocenters. The van der Waals surface area contributed by atoms with E-state index in [4.69, 9.17) is 27.9 Å². The van der Waals surface area contributed by atoms with Crippen molar-refractivity contribution >= 4 is 35.0 Å². The highest BCUT2D eigenvalue weighted by Crippen LogP contribution is 2.39. The van der Waals surface area contributed by atoms with Gasteiger partial charge in [0, 0.05) is 4.90 Å². The average Bonchev–Trinajstić information content (AvgIpc) is 3.23. The Balaban J connectivity index is 1.61. The summed E-state index contributed by atoms with van der Waals surface area (Å²) in [5.41, 5.74) is -0.136. The molecule has 164 valence electrons. The van der Waals surface area contributed by atoms with Crippen LogP contribution in [-0.4, -0.2) is 65.7 Å². The van der Waals surface area contributed by atoms with Crippen LogP contribution in [-0.2, 0) is 4.74 Å². The van der Waals surface area contributed by atoms with Crippen molar-refractivity contribution in [2.24, 2.45) is 0 Å². The van der Waals surface area contributed by atoms with Crippen molar-refractivity contribution in [1.29, 1.82) is 0 Å². The number of aliphatic hydroxyl groups is 3. The van der Waals surface area contributed by atoms with Crippen molar-refractivity contribution in [2.75, 3.05) is 6.61 Å². The molecule has 1 aromatic carbocycles. The predicted octanol–water partition coefficient (Wildman–Crippen LogP) is 2.56. The standard InChI is InChI=1S/C19H17Cl2FN4O4S/c20-11-3-2-10(5-12(11)21)31-19-18(29)16(17(28)15(8-27)30-19)26-7-14(24-25-26)13-4-1-9(22)6-23-13/h1-7,15-19,27-29H,8H2/t15?,16-,17-,18?,19+/m0/s1. The third kappa shape index (κ3) is 4.70. The largest absolute Gasteiger partial charge is 0.394 e. The van der Waals surface area contributed by atoms with E-state index < -0.39 is 42.2 Å².